The molecular formula is C14H28N2O. The van der Waals surface area contributed by atoms with E-state index in [-0.39, 0.29) is 0 Å². The van der Waals surface area contributed by atoms with Gasteiger partial charge in [0.25, 0.3) is 0 Å². The molecule has 1 aliphatic carbocycles. The lowest BCUT2D eigenvalue weighted by Gasteiger charge is -2.36. The Morgan fingerprint density at radius 1 is 1.18 bits per heavy atom. The Labute approximate surface area is 106 Å². The Kier molecular flexibility index (Phi) is 5.75. The zero-order chi connectivity index (χ0) is 11.9. The number of hydrogen-bond acceptors (Lipinski definition) is 3. The van der Waals surface area contributed by atoms with Gasteiger partial charge < -0.3 is 15.4 Å². The highest BCUT2D eigenvalue weighted by Crippen LogP contribution is 2.23. The molecule has 1 saturated heterocycles. The molecule has 1 heterocycles. The van der Waals surface area contributed by atoms with Crippen LogP contribution in [0, 0.1) is 0 Å². The first kappa shape index (κ1) is 13.3. The van der Waals surface area contributed by atoms with Crippen LogP contribution in [0.3, 0.4) is 0 Å². The van der Waals surface area contributed by atoms with Crippen molar-refractivity contribution in [3.8, 4) is 0 Å². The summed E-state index contributed by atoms with van der Waals surface area (Å²) >= 11 is 0. The Morgan fingerprint density at radius 2 is 2.00 bits per heavy atom. The predicted molar refractivity (Wildman–Crippen MR) is 71.3 cm³/mol. The molecule has 0 aromatic heterocycles. The summed E-state index contributed by atoms with van der Waals surface area (Å²) < 4.78 is 5.58. The molecule has 0 bridgehead atoms. The Balaban J connectivity index is 1.55. The topological polar surface area (TPSA) is 33.3 Å². The highest BCUT2D eigenvalue weighted by molar-refractivity contribution is 4.87. The van der Waals surface area contributed by atoms with Gasteiger partial charge in [0.2, 0.25) is 0 Å². The largest absolute Gasteiger partial charge is 0.378 e. The molecule has 3 heteroatoms. The van der Waals surface area contributed by atoms with Crippen molar-refractivity contribution in [3.63, 3.8) is 0 Å². The Bertz CT molecular complexity index is 196. The molecule has 0 aromatic carbocycles. The van der Waals surface area contributed by atoms with Gasteiger partial charge >= 0.3 is 0 Å². The van der Waals surface area contributed by atoms with E-state index in [1.165, 1.54) is 51.5 Å². The maximum Gasteiger partial charge on any atom is 0.0604 e. The molecule has 2 fully saturated rings. The third kappa shape index (κ3) is 4.57. The molecule has 3 nitrogen and oxygen atoms in total. The van der Waals surface area contributed by atoms with E-state index in [4.69, 9.17) is 4.74 Å². The zero-order valence-corrected chi connectivity index (χ0v) is 11.2. The summed E-state index contributed by atoms with van der Waals surface area (Å²) in [5.41, 5.74) is 0. The van der Waals surface area contributed by atoms with E-state index in [2.05, 4.69) is 17.6 Å². The zero-order valence-electron chi connectivity index (χ0n) is 11.2. The average Bonchev–Trinajstić information content (AvgIpc) is 2.23. The maximum absolute atomic E-state index is 5.58. The van der Waals surface area contributed by atoms with Gasteiger partial charge in [0.15, 0.2) is 0 Å². The molecule has 17 heavy (non-hydrogen) atoms. The van der Waals surface area contributed by atoms with Crippen LogP contribution >= 0.6 is 0 Å². The van der Waals surface area contributed by atoms with Gasteiger partial charge in [-0.05, 0) is 39.2 Å². The predicted octanol–water partition coefficient (Wildman–Crippen LogP) is 2.07. The van der Waals surface area contributed by atoms with Gasteiger partial charge in [-0.25, -0.2) is 0 Å². The summed E-state index contributed by atoms with van der Waals surface area (Å²) in [6.07, 6.45) is 9.87. The van der Waals surface area contributed by atoms with Crippen LogP contribution in [-0.4, -0.2) is 37.9 Å². The van der Waals surface area contributed by atoms with Crippen molar-refractivity contribution in [2.45, 2.75) is 70.1 Å². The van der Waals surface area contributed by atoms with Crippen molar-refractivity contribution < 1.29 is 4.74 Å². The van der Waals surface area contributed by atoms with Crippen molar-refractivity contribution in [3.05, 3.63) is 0 Å². The first-order valence-corrected chi connectivity index (χ1v) is 7.47. The van der Waals surface area contributed by atoms with Crippen molar-refractivity contribution in [1.29, 1.82) is 0 Å². The van der Waals surface area contributed by atoms with Crippen LogP contribution < -0.4 is 10.6 Å². The molecule has 2 N–H and O–H groups in total. The molecule has 0 aromatic rings. The van der Waals surface area contributed by atoms with Crippen molar-refractivity contribution in [2.75, 3.05) is 19.7 Å². The van der Waals surface area contributed by atoms with Crippen LogP contribution in [0.25, 0.3) is 0 Å². The first-order valence-electron chi connectivity index (χ1n) is 7.47. The molecule has 100 valence electrons. The fraction of sp³-hybridized carbons (Fsp3) is 1.00. The minimum absolute atomic E-state index is 0.530. The lowest BCUT2D eigenvalue weighted by Crippen LogP contribution is -2.50. The summed E-state index contributed by atoms with van der Waals surface area (Å²) in [5.74, 6) is 0. The van der Waals surface area contributed by atoms with E-state index in [1.807, 2.05) is 0 Å². The third-order valence-corrected chi connectivity index (χ3v) is 4.06. The highest BCUT2D eigenvalue weighted by atomic mass is 16.5. The van der Waals surface area contributed by atoms with Gasteiger partial charge in [0.1, 0.15) is 0 Å². The van der Waals surface area contributed by atoms with Gasteiger partial charge in [-0.3, -0.25) is 0 Å². The van der Waals surface area contributed by atoms with Crippen molar-refractivity contribution >= 4 is 0 Å². The van der Waals surface area contributed by atoms with E-state index in [1.54, 1.807) is 0 Å². The normalized spacial score (nSPS) is 34.8. The van der Waals surface area contributed by atoms with Gasteiger partial charge in [0.05, 0.1) is 6.10 Å². The molecule has 1 aliphatic heterocycles. The van der Waals surface area contributed by atoms with Crippen LogP contribution in [0.15, 0.2) is 0 Å². The monoisotopic (exact) mass is 240 g/mol. The second-order valence-electron chi connectivity index (χ2n) is 5.51. The van der Waals surface area contributed by atoms with Crippen LogP contribution in [-0.2, 0) is 4.74 Å². The number of nitrogens with one attached hydrogen (secondary N) is 2. The van der Waals surface area contributed by atoms with E-state index in [0.717, 1.165) is 13.2 Å². The quantitative estimate of drug-likeness (QED) is 0.772. The molecule has 1 atom stereocenters. The Hall–Kier alpha value is -0.120. The lowest BCUT2D eigenvalue weighted by molar-refractivity contribution is -0.0103. The average molecular weight is 240 g/mol. The van der Waals surface area contributed by atoms with Crippen LogP contribution in [0.4, 0.5) is 0 Å². The van der Waals surface area contributed by atoms with Crippen LogP contribution in [0.1, 0.15) is 51.9 Å². The smallest absolute Gasteiger partial charge is 0.0604 e. The summed E-state index contributed by atoms with van der Waals surface area (Å²) in [5, 5.41) is 7.35. The second-order valence-corrected chi connectivity index (χ2v) is 5.51. The molecule has 0 spiro atoms. The third-order valence-electron chi connectivity index (χ3n) is 4.06. The van der Waals surface area contributed by atoms with E-state index in [0.29, 0.717) is 18.2 Å². The van der Waals surface area contributed by atoms with E-state index in [9.17, 15) is 0 Å². The fourth-order valence-corrected chi connectivity index (χ4v) is 2.86. The summed E-state index contributed by atoms with van der Waals surface area (Å²) in [6.45, 7) is 5.29. The summed E-state index contributed by atoms with van der Waals surface area (Å²) in [7, 11) is 0. The molecule has 1 saturated carbocycles. The van der Waals surface area contributed by atoms with E-state index < -0.39 is 0 Å². The second kappa shape index (κ2) is 7.34. The summed E-state index contributed by atoms with van der Waals surface area (Å²) in [6, 6.07) is 1.40. The SMILES string of the molecule is CCOC1CC(NCC2CCCCCCN2)C1. The number of rotatable bonds is 5. The molecule has 0 radical (unpaired) electrons. The van der Waals surface area contributed by atoms with E-state index >= 15 is 0 Å². The standard InChI is InChI=1S/C14H28N2O/c1-2-17-14-9-13(10-14)16-11-12-7-5-3-4-6-8-15-12/h12-16H,2-11H2,1H3. The summed E-state index contributed by atoms with van der Waals surface area (Å²) in [4.78, 5) is 0. The molecular weight excluding hydrogens is 212 g/mol. The minimum atomic E-state index is 0.530. The molecule has 2 aliphatic rings. The molecule has 2 rings (SSSR count). The van der Waals surface area contributed by atoms with Crippen LogP contribution in [0.5, 0.6) is 0 Å². The maximum atomic E-state index is 5.58. The van der Waals surface area contributed by atoms with Gasteiger partial charge in [-0.15, -0.1) is 0 Å². The highest BCUT2D eigenvalue weighted by Gasteiger charge is 2.29. The van der Waals surface area contributed by atoms with Gasteiger partial charge in [-0.1, -0.05) is 19.3 Å². The van der Waals surface area contributed by atoms with Crippen LogP contribution in [0.2, 0.25) is 0 Å². The fourth-order valence-electron chi connectivity index (χ4n) is 2.86. The Morgan fingerprint density at radius 3 is 2.82 bits per heavy atom. The van der Waals surface area contributed by atoms with Crippen molar-refractivity contribution in [2.24, 2.45) is 0 Å². The molecule has 1 unspecified atom stereocenters. The number of ether oxygens (including phenoxy) is 1. The van der Waals surface area contributed by atoms with Gasteiger partial charge in [-0.2, -0.15) is 0 Å². The van der Waals surface area contributed by atoms with Gasteiger partial charge in [0, 0.05) is 25.2 Å². The first-order chi connectivity index (χ1) is 8.38. The molecule has 0 amide bonds. The number of hydrogen-bond donors (Lipinski definition) is 2. The lowest BCUT2D eigenvalue weighted by atomic mass is 9.89. The minimum Gasteiger partial charge on any atom is -0.378 e. The van der Waals surface area contributed by atoms with Crippen molar-refractivity contribution in [1.82, 2.24) is 10.6 Å².